The molecule has 0 radical (unpaired) electrons. The number of ether oxygens (including phenoxy) is 1. The second kappa shape index (κ2) is 5.88. The van der Waals surface area contributed by atoms with Gasteiger partial charge >= 0.3 is 5.97 Å². The Balaban J connectivity index is 1.96. The van der Waals surface area contributed by atoms with Crippen LogP contribution in [0.15, 0.2) is 11.5 Å². The lowest BCUT2D eigenvalue weighted by atomic mass is 10.3. The number of hydrogen-bond donors (Lipinski definition) is 1. The summed E-state index contributed by atoms with van der Waals surface area (Å²) in [6, 6.07) is 0. The van der Waals surface area contributed by atoms with E-state index in [9.17, 15) is 4.79 Å². The summed E-state index contributed by atoms with van der Waals surface area (Å²) >= 11 is 1.20. The van der Waals surface area contributed by atoms with E-state index in [1.54, 1.807) is 0 Å². The Morgan fingerprint density at radius 3 is 3.00 bits per heavy atom. The molecule has 2 aromatic rings. The van der Waals surface area contributed by atoms with E-state index in [1.165, 1.54) is 38.0 Å². The van der Waals surface area contributed by atoms with Gasteiger partial charge in [0.15, 0.2) is 16.3 Å². The first-order valence-corrected chi connectivity index (χ1v) is 7.77. The summed E-state index contributed by atoms with van der Waals surface area (Å²) in [7, 11) is 1.54. The van der Waals surface area contributed by atoms with E-state index < -0.39 is 5.97 Å². The number of aryl methyl sites for hydroxylation is 1. The minimum atomic E-state index is -0.862. The molecule has 0 aliphatic heterocycles. The Kier molecular flexibility index (Phi) is 3.96. The number of aliphatic carboxylic acids is 1. The summed E-state index contributed by atoms with van der Waals surface area (Å²) in [6.07, 6.45) is 5.07. The minimum Gasteiger partial charge on any atom is -0.481 e. The number of nitrogens with zero attached hydrogens (tertiary/aromatic N) is 4. The molecule has 1 aliphatic carbocycles. The molecule has 1 fully saturated rings. The number of aromatic nitrogens is 4. The molecule has 0 atom stereocenters. The van der Waals surface area contributed by atoms with Crippen molar-refractivity contribution in [3.63, 3.8) is 0 Å². The maximum Gasteiger partial charge on any atom is 0.313 e. The number of carboxylic acids is 1. The fraction of sp³-hybridized carbons (Fsp3) is 0.538. The highest BCUT2D eigenvalue weighted by atomic mass is 32.2. The van der Waals surface area contributed by atoms with Gasteiger partial charge in [-0.25, -0.2) is 9.97 Å². The van der Waals surface area contributed by atoms with Gasteiger partial charge in [-0.05, 0) is 12.3 Å². The summed E-state index contributed by atoms with van der Waals surface area (Å²) in [5, 5.41) is 9.52. The Morgan fingerprint density at radius 1 is 1.52 bits per heavy atom. The van der Waals surface area contributed by atoms with Gasteiger partial charge in [0.1, 0.15) is 6.33 Å². The van der Waals surface area contributed by atoms with Crippen molar-refractivity contribution in [2.45, 2.75) is 31.0 Å². The summed E-state index contributed by atoms with van der Waals surface area (Å²) in [5.74, 6) is 0.312. The molecular weight excluding hydrogens is 292 g/mol. The Morgan fingerprint density at radius 2 is 2.33 bits per heavy atom. The van der Waals surface area contributed by atoms with Crippen molar-refractivity contribution < 1.29 is 14.6 Å². The van der Waals surface area contributed by atoms with Gasteiger partial charge in [0.05, 0.1) is 12.9 Å². The molecule has 1 aliphatic rings. The second-order valence-electron chi connectivity index (χ2n) is 5.02. The number of carboxylic acid groups (broad SMARTS) is 1. The van der Waals surface area contributed by atoms with Crippen molar-refractivity contribution >= 4 is 28.9 Å². The van der Waals surface area contributed by atoms with Crippen molar-refractivity contribution in [1.82, 2.24) is 19.5 Å². The molecule has 21 heavy (non-hydrogen) atoms. The van der Waals surface area contributed by atoms with E-state index in [4.69, 9.17) is 9.84 Å². The van der Waals surface area contributed by atoms with E-state index in [0.717, 1.165) is 18.9 Å². The number of carbonyl (C=O) groups is 1. The zero-order valence-electron chi connectivity index (χ0n) is 11.7. The van der Waals surface area contributed by atoms with Crippen molar-refractivity contribution in [3.05, 3.63) is 6.33 Å². The van der Waals surface area contributed by atoms with Crippen LogP contribution < -0.4 is 4.74 Å². The van der Waals surface area contributed by atoms with Crippen LogP contribution in [-0.4, -0.2) is 43.5 Å². The molecule has 8 heteroatoms. The first kappa shape index (κ1) is 14.1. The molecule has 7 nitrogen and oxygen atoms in total. The Hall–Kier alpha value is -1.83. The fourth-order valence-electron chi connectivity index (χ4n) is 2.20. The first-order valence-electron chi connectivity index (χ1n) is 6.79. The monoisotopic (exact) mass is 308 g/mol. The molecule has 1 saturated carbocycles. The predicted octanol–water partition coefficient (Wildman–Crippen LogP) is 1.81. The molecule has 3 rings (SSSR count). The average Bonchev–Trinajstić information content (AvgIpc) is 3.23. The highest BCUT2D eigenvalue weighted by Crippen LogP contribution is 2.34. The minimum absolute atomic E-state index is 0.0253. The molecule has 1 N–H and O–H groups in total. The SMILES string of the molecule is COc1ncnc2c1nc(SCC(=O)O)n2CCC1CC1. The quantitative estimate of drug-likeness (QED) is 0.780. The van der Waals surface area contributed by atoms with Crippen LogP contribution in [0.4, 0.5) is 0 Å². The number of rotatable bonds is 7. The lowest BCUT2D eigenvalue weighted by Gasteiger charge is -2.06. The van der Waals surface area contributed by atoms with Gasteiger partial charge in [0.2, 0.25) is 5.88 Å². The van der Waals surface area contributed by atoms with Crippen LogP contribution in [0.25, 0.3) is 11.2 Å². The van der Waals surface area contributed by atoms with E-state index >= 15 is 0 Å². The fourth-order valence-corrected chi connectivity index (χ4v) is 2.94. The van der Waals surface area contributed by atoms with Crippen molar-refractivity contribution in [2.24, 2.45) is 5.92 Å². The largest absolute Gasteiger partial charge is 0.481 e. The number of thioether (sulfide) groups is 1. The third-order valence-electron chi connectivity index (χ3n) is 3.44. The van der Waals surface area contributed by atoms with Crippen molar-refractivity contribution in [1.29, 1.82) is 0 Å². The van der Waals surface area contributed by atoms with Crippen molar-refractivity contribution in [2.75, 3.05) is 12.9 Å². The van der Waals surface area contributed by atoms with E-state index in [2.05, 4.69) is 15.0 Å². The smallest absolute Gasteiger partial charge is 0.313 e. The third-order valence-corrected chi connectivity index (χ3v) is 4.40. The number of imidazole rings is 1. The van der Waals surface area contributed by atoms with Gasteiger partial charge in [-0.2, -0.15) is 4.98 Å². The Bertz CT molecular complexity index is 669. The van der Waals surface area contributed by atoms with Crippen LogP contribution in [0, 0.1) is 5.92 Å². The van der Waals surface area contributed by atoms with Gasteiger partial charge in [-0.15, -0.1) is 0 Å². The number of fused-ring (bicyclic) bond motifs is 1. The molecule has 2 aromatic heterocycles. The van der Waals surface area contributed by atoms with Crippen LogP contribution in [-0.2, 0) is 11.3 Å². The molecule has 0 saturated heterocycles. The molecule has 0 bridgehead atoms. The highest BCUT2D eigenvalue weighted by molar-refractivity contribution is 7.99. The molecule has 0 spiro atoms. The molecule has 112 valence electrons. The summed E-state index contributed by atoms with van der Waals surface area (Å²) < 4.78 is 7.18. The van der Waals surface area contributed by atoms with E-state index in [-0.39, 0.29) is 5.75 Å². The Labute approximate surface area is 125 Å². The van der Waals surface area contributed by atoms with Crippen LogP contribution in [0.1, 0.15) is 19.3 Å². The van der Waals surface area contributed by atoms with Gasteiger partial charge in [-0.1, -0.05) is 24.6 Å². The summed E-state index contributed by atoms with van der Waals surface area (Å²) in [4.78, 5) is 23.6. The first-order chi connectivity index (χ1) is 10.2. The molecule has 0 unspecified atom stereocenters. The lowest BCUT2D eigenvalue weighted by molar-refractivity contribution is -0.133. The zero-order chi connectivity index (χ0) is 14.8. The highest BCUT2D eigenvalue weighted by Gasteiger charge is 2.23. The predicted molar refractivity (Wildman–Crippen MR) is 77.6 cm³/mol. The van der Waals surface area contributed by atoms with Crippen LogP contribution >= 0.6 is 11.8 Å². The molecule has 2 heterocycles. The van der Waals surface area contributed by atoms with Gasteiger partial charge in [0, 0.05) is 6.54 Å². The molecule has 0 amide bonds. The summed E-state index contributed by atoms with van der Waals surface area (Å²) in [6.45, 7) is 0.795. The number of methoxy groups -OCH3 is 1. The normalized spacial score (nSPS) is 14.5. The number of hydrogen-bond acceptors (Lipinski definition) is 6. The van der Waals surface area contributed by atoms with Gasteiger partial charge in [0.25, 0.3) is 0 Å². The van der Waals surface area contributed by atoms with Crippen LogP contribution in [0.2, 0.25) is 0 Å². The molecular formula is C13H16N4O3S. The summed E-state index contributed by atoms with van der Waals surface area (Å²) in [5.41, 5.74) is 1.29. The van der Waals surface area contributed by atoms with Gasteiger partial charge in [-0.3, -0.25) is 4.79 Å². The lowest BCUT2D eigenvalue weighted by Crippen LogP contribution is -2.05. The van der Waals surface area contributed by atoms with Gasteiger partial charge < -0.3 is 14.4 Å². The van der Waals surface area contributed by atoms with Crippen LogP contribution in [0.3, 0.4) is 0 Å². The van der Waals surface area contributed by atoms with E-state index in [1.807, 2.05) is 4.57 Å². The third kappa shape index (κ3) is 3.10. The zero-order valence-corrected chi connectivity index (χ0v) is 12.5. The topological polar surface area (TPSA) is 90.1 Å². The molecule has 0 aromatic carbocycles. The van der Waals surface area contributed by atoms with Crippen molar-refractivity contribution in [3.8, 4) is 5.88 Å². The van der Waals surface area contributed by atoms with E-state index in [0.29, 0.717) is 22.2 Å². The average molecular weight is 308 g/mol. The van der Waals surface area contributed by atoms with Crippen LogP contribution in [0.5, 0.6) is 5.88 Å². The maximum atomic E-state index is 10.8. The second-order valence-corrected chi connectivity index (χ2v) is 5.96. The maximum absolute atomic E-state index is 10.8. The standard InChI is InChI=1S/C13H16N4O3S/c1-20-12-10-11(14-7-15-12)17(5-4-8-2-3-8)13(16-10)21-6-9(18)19/h7-8H,2-6H2,1H3,(H,18,19).